The number of rotatable bonds is 4. The fourth-order valence-electron chi connectivity index (χ4n) is 3.04. The quantitative estimate of drug-likeness (QED) is 0.909. The van der Waals surface area contributed by atoms with E-state index in [9.17, 15) is 5.11 Å². The van der Waals surface area contributed by atoms with Crippen LogP contribution in [0.25, 0.3) is 0 Å². The van der Waals surface area contributed by atoms with Crippen molar-refractivity contribution in [2.24, 2.45) is 0 Å². The Hall–Kier alpha value is -0.610. The second-order valence-electron chi connectivity index (χ2n) is 6.81. The highest BCUT2D eigenvalue weighted by molar-refractivity contribution is 7.15. The molecule has 1 fully saturated rings. The van der Waals surface area contributed by atoms with Gasteiger partial charge in [-0.15, -0.1) is 0 Å². The Balaban J connectivity index is 2.29. The fraction of sp³-hybridized carbons (Fsp3) is 0.812. The van der Waals surface area contributed by atoms with Crippen LogP contribution in [-0.2, 0) is 12.0 Å². The van der Waals surface area contributed by atoms with Crippen molar-refractivity contribution >= 4 is 16.5 Å². The molecule has 0 aromatic carbocycles. The number of hydrogen-bond donors (Lipinski definition) is 1. The first kappa shape index (κ1) is 15.8. The van der Waals surface area contributed by atoms with Gasteiger partial charge in [-0.2, -0.15) is 0 Å². The molecule has 1 N–H and O–H groups in total. The first-order chi connectivity index (χ1) is 9.47. The van der Waals surface area contributed by atoms with Gasteiger partial charge in [0.2, 0.25) is 0 Å². The van der Waals surface area contributed by atoms with Gasteiger partial charge in [0.15, 0.2) is 5.13 Å². The molecule has 1 aliphatic heterocycles. The molecular weight excluding hydrogens is 268 g/mol. The Morgan fingerprint density at radius 3 is 2.65 bits per heavy atom. The largest absolute Gasteiger partial charge is 0.391 e. The lowest BCUT2D eigenvalue weighted by Gasteiger charge is -2.35. The van der Waals surface area contributed by atoms with E-state index in [0.717, 1.165) is 22.2 Å². The number of hydrogen-bond acceptors (Lipinski definition) is 4. The van der Waals surface area contributed by atoms with Gasteiger partial charge in [-0.1, -0.05) is 45.5 Å². The predicted octanol–water partition coefficient (Wildman–Crippen LogP) is 4.09. The molecular formula is C16H28N2OS. The second kappa shape index (κ2) is 6.44. The minimum Gasteiger partial charge on any atom is -0.391 e. The van der Waals surface area contributed by atoms with Crippen LogP contribution < -0.4 is 4.90 Å². The first-order valence-corrected chi connectivity index (χ1v) is 8.66. The van der Waals surface area contributed by atoms with Gasteiger partial charge in [-0.05, 0) is 25.7 Å². The first-order valence-electron chi connectivity index (χ1n) is 7.85. The van der Waals surface area contributed by atoms with Crippen LogP contribution in [0.15, 0.2) is 0 Å². The molecule has 20 heavy (non-hydrogen) atoms. The van der Waals surface area contributed by atoms with E-state index < -0.39 is 0 Å². The van der Waals surface area contributed by atoms with Crippen molar-refractivity contribution < 1.29 is 5.11 Å². The molecule has 0 radical (unpaired) electrons. The highest BCUT2D eigenvalue weighted by Gasteiger charge is 2.28. The monoisotopic (exact) mass is 296 g/mol. The minimum atomic E-state index is 0.00283. The molecule has 3 nitrogen and oxygen atoms in total. The van der Waals surface area contributed by atoms with E-state index in [1.165, 1.54) is 32.1 Å². The average Bonchev–Trinajstić information content (AvgIpc) is 2.84. The summed E-state index contributed by atoms with van der Waals surface area (Å²) in [6, 6.07) is 0.638. The molecule has 0 saturated carbocycles. The number of nitrogens with zero attached hydrogens (tertiary/aromatic N) is 2. The third kappa shape index (κ3) is 3.34. The Morgan fingerprint density at radius 2 is 2.10 bits per heavy atom. The molecule has 1 aromatic heterocycles. The van der Waals surface area contributed by atoms with Crippen LogP contribution in [0, 0.1) is 0 Å². The zero-order chi connectivity index (χ0) is 14.8. The van der Waals surface area contributed by atoms with Crippen LogP contribution in [0.1, 0.15) is 70.4 Å². The average molecular weight is 296 g/mol. The lowest BCUT2D eigenvalue weighted by molar-refractivity contribution is 0.282. The van der Waals surface area contributed by atoms with E-state index in [4.69, 9.17) is 4.98 Å². The molecule has 1 aliphatic rings. The van der Waals surface area contributed by atoms with Gasteiger partial charge in [0, 0.05) is 18.0 Å². The second-order valence-corrected chi connectivity index (χ2v) is 7.87. The van der Waals surface area contributed by atoms with Crippen molar-refractivity contribution in [2.75, 3.05) is 11.4 Å². The predicted molar refractivity (Wildman–Crippen MR) is 86.6 cm³/mol. The van der Waals surface area contributed by atoms with Crippen LogP contribution in [0.3, 0.4) is 0 Å². The summed E-state index contributed by atoms with van der Waals surface area (Å²) in [7, 11) is 0. The maximum atomic E-state index is 9.61. The molecule has 0 aliphatic carbocycles. The lowest BCUT2D eigenvalue weighted by atomic mass is 9.91. The molecule has 1 unspecified atom stereocenters. The zero-order valence-electron chi connectivity index (χ0n) is 13.3. The van der Waals surface area contributed by atoms with Crippen LogP contribution >= 0.6 is 11.3 Å². The number of anilines is 1. The molecule has 4 heteroatoms. The van der Waals surface area contributed by atoms with Gasteiger partial charge in [0.1, 0.15) is 0 Å². The van der Waals surface area contributed by atoms with Gasteiger partial charge in [-0.25, -0.2) is 4.98 Å². The number of aliphatic hydroxyl groups excluding tert-OH is 1. The van der Waals surface area contributed by atoms with Crippen LogP contribution in [0.4, 0.5) is 5.13 Å². The van der Waals surface area contributed by atoms with Crippen molar-refractivity contribution in [3.05, 3.63) is 10.6 Å². The maximum Gasteiger partial charge on any atom is 0.186 e. The number of piperidine rings is 1. The molecule has 1 aromatic rings. The SMILES string of the molecule is CCCC1CCCCN1c1nc(C(C)(C)C)c(CO)s1. The Morgan fingerprint density at radius 1 is 1.35 bits per heavy atom. The van der Waals surface area contributed by atoms with Gasteiger partial charge in [0.05, 0.1) is 17.2 Å². The van der Waals surface area contributed by atoms with Gasteiger partial charge >= 0.3 is 0 Å². The van der Waals surface area contributed by atoms with Crippen molar-refractivity contribution in [3.63, 3.8) is 0 Å². The molecule has 1 atom stereocenters. The number of aliphatic hydroxyl groups is 1. The molecule has 1 saturated heterocycles. The summed E-state index contributed by atoms with van der Waals surface area (Å²) in [5.74, 6) is 0. The molecule has 114 valence electrons. The Labute approximate surface area is 127 Å². The van der Waals surface area contributed by atoms with E-state index in [1.54, 1.807) is 11.3 Å². The standard InChI is InChI=1S/C16H28N2OS/c1-5-8-12-9-6-7-10-18(12)15-17-14(16(2,3)4)13(11-19)20-15/h12,19H,5-11H2,1-4H3. The van der Waals surface area contributed by atoms with Crippen molar-refractivity contribution in [1.82, 2.24) is 4.98 Å². The number of thiazole rings is 1. The number of aromatic nitrogens is 1. The fourth-order valence-corrected chi connectivity index (χ4v) is 4.27. The summed E-state index contributed by atoms with van der Waals surface area (Å²) < 4.78 is 0. The zero-order valence-corrected chi connectivity index (χ0v) is 14.1. The highest BCUT2D eigenvalue weighted by Crippen LogP contribution is 2.36. The van der Waals surface area contributed by atoms with Gasteiger partial charge < -0.3 is 10.0 Å². The van der Waals surface area contributed by atoms with E-state index in [1.807, 2.05) is 0 Å². The summed E-state index contributed by atoms with van der Waals surface area (Å²) >= 11 is 1.69. The summed E-state index contributed by atoms with van der Waals surface area (Å²) in [6.07, 6.45) is 6.36. The molecule has 0 bridgehead atoms. The summed E-state index contributed by atoms with van der Waals surface area (Å²) in [4.78, 5) is 8.42. The van der Waals surface area contributed by atoms with E-state index in [2.05, 4.69) is 32.6 Å². The Bertz CT molecular complexity index is 434. The molecule has 2 heterocycles. The van der Waals surface area contributed by atoms with E-state index in [0.29, 0.717) is 6.04 Å². The van der Waals surface area contributed by atoms with Crippen molar-refractivity contribution in [2.45, 2.75) is 77.9 Å². The van der Waals surface area contributed by atoms with Gasteiger partial charge in [-0.3, -0.25) is 0 Å². The molecule has 2 rings (SSSR count). The minimum absolute atomic E-state index is 0.00283. The third-order valence-electron chi connectivity index (χ3n) is 4.03. The molecule has 0 spiro atoms. The van der Waals surface area contributed by atoms with Crippen molar-refractivity contribution in [1.29, 1.82) is 0 Å². The topological polar surface area (TPSA) is 36.4 Å². The van der Waals surface area contributed by atoms with E-state index >= 15 is 0 Å². The summed E-state index contributed by atoms with van der Waals surface area (Å²) in [5.41, 5.74) is 1.07. The van der Waals surface area contributed by atoms with Crippen LogP contribution in [0.2, 0.25) is 0 Å². The summed E-state index contributed by atoms with van der Waals surface area (Å²) in [6.45, 7) is 10.00. The van der Waals surface area contributed by atoms with Crippen LogP contribution in [0.5, 0.6) is 0 Å². The lowest BCUT2D eigenvalue weighted by Crippen LogP contribution is -2.39. The smallest absolute Gasteiger partial charge is 0.186 e. The van der Waals surface area contributed by atoms with E-state index in [-0.39, 0.29) is 12.0 Å². The van der Waals surface area contributed by atoms with Crippen LogP contribution in [-0.4, -0.2) is 22.7 Å². The van der Waals surface area contributed by atoms with Crippen molar-refractivity contribution in [3.8, 4) is 0 Å². The normalized spacial score (nSPS) is 20.4. The summed E-state index contributed by atoms with van der Waals surface area (Å²) in [5, 5.41) is 10.7. The molecule has 0 amide bonds. The maximum absolute atomic E-state index is 9.61. The van der Waals surface area contributed by atoms with Gasteiger partial charge in [0.25, 0.3) is 0 Å². The Kier molecular flexibility index (Phi) is 5.08. The third-order valence-corrected chi connectivity index (χ3v) is 5.11. The highest BCUT2D eigenvalue weighted by atomic mass is 32.1.